The maximum absolute atomic E-state index is 5.47. The largest absolute Gasteiger partial charge is 0.381 e. The first-order valence-corrected chi connectivity index (χ1v) is 5.76. The van der Waals surface area contributed by atoms with Crippen molar-refractivity contribution in [3.8, 4) is 0 Å². The van der Waals surface area contributed by atoms with E-state index < -0.39 is 0 Å². The molecule has 0 aromatic heterocycles. The molecule has 0 aliphatic rings. The second-order valence-electron chi connectivity index (χ2n) is 3.72. The summed E-state index contributed by atoms with van der Waals surface area (Å²) in [7, 11) is 0. The highest BCUT2D eigenvalue weighted by Gasteiger charge is 1.96. The number of rotatable bonds is 7. The van der Waals surface area contributed by atoms with Crippen LogP contribution in [0, 0.1) is 5.92 Å². The second-order valence-corrected chi connectivity index (χ2v) is 5.28. The summed E-state index contributed by atoms with van der Waals surface area (Å²) in [6, 6.07) is 0. The molecule has 2 heteroatoms. The van der Waals surface area contributed by atoms with Gasteiger partial charge in [-0.2, -0.15) is 0 Å². The molecule has 0 bridgehead atoms. The minimum absolute atomic E-state index is 0.631. The standard InChI is InChI=1S/C10H21BrO/c1-9(2)6-8-12-7-4-5-10(3)11/h9-10H,4-8H2,1-3H3. The van der Waals surface area contributed by atoms with Crippen molar-refractivity contribution in [3.63, 3.8) is 0 Å². The third kappa shape index (κ3) is 10.4. The van der Waals surface area contributed by atoms with Gasteiger partial charge in [0, 0.05) is 18.0 Å². The van der Waals surface area contributed by atoms with E-state index in [-0.39, 0.29) is 0 Å². The van der Waals surface area contributed by atoms with E-state index in [4.69, 9.17) is 4.74 Å². The van der Waals surface area contributed by atoms with Gasteiger partial charge in [-0.3, -0.25) is 0 Å². The van der Waals surface area contributed by atoms with E-state index in [1.165, 1.54) is 19.3 Å². The molecule has 1 unspecified atom stereocenters. The Morgan fingerprint density at radius 2 is 1.75 bits per heavy atom. The molecule has 0 N–H and O–H groups in total. The van der Waals surface area contributed by atoms with Crippen LogP contribution in [-0.4, -0.2) is 18.0 Å². The van der Waals surface area contributed by atoms with E-state index >= 15 is 0 Å². The van der Waals surface area contributed by atoms with Gasteiger partial charge < -0.3 is 4.74 Å². The molecule has 0 rings (SSSR count). The van der Waals surface area contributed by atoms with Crippen molar-refractivity contribution >= 4 is 15.9 Å². The van der Waals surface area contributed by atoms with Crippen LogP contribution in [0.1, 0.15) is 40.0 Å². The predicted octanol–water partition coefficient (Wildman–Crippen LogP) is 3.61. The third-order valence-corrected chi connectivity index (χ3v) is 2.19. The van der Waals surface area contributed by atoms with Gasteiger partial charge in [-0.05, 0) is 25.2 Å². The smallest absolute Gasteiger partial charge is 0.0468 e. The van der Waals surface area contributed by atoms with Gasteiger partial charge >= 0.3 is 0 Å². The number of ether oxygens (including phenoxy) is 1. The summed E-state index contributed by atoms with van der Waals surface area (Å²) in [5, 5.41) is 0. The highest BCUT2D eigenvalue weighted by atomic mass is 79.9. The summed E-state index contributed by atoms with van der Waals surface area (Å²) in [5.41, 5.74) is 0. The average Bonchev–Trinajstić information content (AvgIpc) is 1.95. The van der Waals surface area contributed by atoms with Crippen LogP contribution in [0.5, 0.6) is 0 Å². The molecule has 0 aromatic carbocycles. The first-order valence-electron chi connectivity index (χ1n) is 4.84. The summed E-state index contributed by atoms with van der Waals surface area (Å²) in [6.45, 7) is 8.47. The van der Waals surface area contributed by atoms with Crippen molar-refractivity contribution in [1.29, 1.82) is 0 Å². The molecule has 0 spiro atoms. The van der Waals surface area contributed by atoms with Gasteiger partial charge in [0.15, 0.2) is 0 Å². The van der Waals surface area contributed by atoms with Gasteiger partial charge in [-0.1, -0.05) is 36.7 Å². The van der Waals surface area contributed by atoms with Crippen LogP contribution < -0.4 is 0 Å². The zero-order valence-electron chi connectivity index (χ0n) is 8.48. The van der Waals surface area contributed by atoms with Crippen LogP contribution in [0.3, 0.4) is 0 Å². The Labute approximate surface area is 85.0 Å². The number of hydrogen-bond acceptors (Lipinski definition) is 1. The monoisotopic (exact) mass is 236 g/mol. The Morgan fingerprint density at radius 1 is 1.08 bits per heavy atom. The van der Waals surface area contributed by atoms with Gasteiger partial charge in [0.2, 0.25) is 0 Å². The minimum atomic E-state index is 0.631. The van der Waals surface area contributed by atoms with Crippen molar-refractivity contribution in [2.24, 2.45) is 5.92 Å². The maximum atomic E-state index is 5.47. The van der Waals surface area contributed by atoms with E-state index in [0.717, 1.165) is 19.1 Å². The molecule has 0 saturated heterocycles. The van der Waals surface area contributed by atoms with Gasteiger partial charge in [0.05, 0.1) is 0 Å². The quantitative estimate of drug-likeness (QED) is 0.485. The van der Waals surface area contributed by atoms with E-state index in [0.29, 0.717) is 4.83 Å². The molecule has 1 atom stereocenters. The summed E-state index contributed by atoms with van der Waals surface area (Å²) in [6.07, 6.45) is 3.57. The van der Waals surface area contributed by atoms with Crippen LogP contribution in [0.15, 0.2) is 0 Å². The van der Waals surface area contributed by atoms with Crippen LogP contribution >= 0.6 is 15.9 Å². The highest BCUT2D eigenvalue weighted by Crippen LogP contribution is 2.06. The Balaban J connectivity index is 2.91. The van der Waals surface area contributed by atoms with Crippen molar-refractivity contribution < 1.29 is 4.74 Å². The SMILES string of the molecule is CC(C)CCOCCCC(C)Br. The zero-order valence-corrected chi connectivity index (χ0v) is 10.1. The van der Waals surface area contributed by atoms with Crippen molar-refractivity contribution in [3.05, 3.63) is 0 Å². The van der Waals surface area contributed by atoms with Crippen LogP contribution in [-0.2, 0) is 4.74 Å². The van der Waals surface area contributed by atoms with Crippen molar-refractivity contribution in [2.75, 3.05) is 13.2 Å². The summed E-state index contributed by atoms with van der Waals surface area (Å²) in [5.74, 6) is 0.764. The Hall–Kier alpha value is 0.440. The Morgan fingerprint density at radius 3 is 2.25 bits per heavy atom. The summed E-state index contributed by atoms with van der Waals surface area (Å²) >= 11 is 3.51. The molecule has 74 valence electrons. The number of hydrogen-bond donors (Lipinski definition) is 0. The maximum Gasteiger partial charge on any atom is 0.0468 e. The van der Waals surface area contributed by atoms with E-state index in [9.17, 15) is 0 Å². The summed E-state index contributed by atoms with van der Waals surface area (Å²) in [4.78, 5) is 0.631. The Bertz CT molecular complexity index is 79.8. The van der Waals surface area contributed by atoms with E-state index in [2.05, 4.69) is 36.7 Å². The molecular formula is C10H21BrO. The summed E-state index contributed by atoms with van der Waals surface area (Å²) < 4.78 is 5.47. The molecule has 12 heavy (non-hydrogen) atoms. The predicted molar refractivity (Wildman–Crippen MR) is 57.9 cm³/mol. The van der Waals surface area contributed by atoms with Crippen molar-refractivity contribution in [2.45, 2.75) is 44.9 Å². The fourth-order valence-corrected chi connectivity index (χ4v) is 1.21. The van der Waals surface area contributed by atoms with Gasteiger partial charge in [-0.15, -0.1) is 0 Å². The van der Waals surface area contributed by atoms with E-state index in [1.54, 1.807) is 0 Å². The fraction of sp³-hybridized carbons (Fsp3) is 1.00. The fourth-order valence-electron chi connectivity index (χ4n) is 0.888. The van der Waals surface area contributed by atoms with E-state index in [1.807, 2.05) is 0 Å². The normalized spacial score (nSPS) is 13.8. The molecule has 0 fully saturated rings. The average molecular weight is 237 g/mol. The van der Waals surface area contributed by atoms with Gasteiger partial charge in [0.25, 0.3) is 0 Å². The minimum Gasteiger partial charge on any atom is -0.381 e. The second kappa shape index (κ2) is 8.06. The van der Waals surface area contributed by atoms with Gasteiger partial charge in [-0.25, -0.2) is 0 Å². The number of halogens is 1. The van der Waals surface area contributed by atoms with Gasteiger partial charge in [0.1, 0.15) is 0 Å². The topological polar surface area (TPSA) is 9.23 Å². The first-order chi connectivity index (χ1) is 5.63. The third-order valence-electron chi connectivity index (χ3n) is 1.73. The van der Waals surface area contributed by atoms with Crippen molar-refractivity contribution in [1.82, 2.24) is 0 Å². The lowest BCUT2D eigenvalue weighted by Gasteiger charge is -2.06. The molecule has 0 radical (unpaired) electrons. The molecular weight excluding hydrogens is 216 g/mol. The Kier molecular flexibility index (Phi) is 8.35. The molecule has 0 aliphatic heterocycles. The van der Waals surface area contributed by atoms with Crippen LogP contribution in [0.4, 0.5) is 0 Å². The van der Waals surface area contributed by atoms with Crippen LogP contribution in [0.25, 0.3) is 0 Å². The first kappa shape index (κ1) is 12.4. The molecule has 1 nitrogen and oxygen atoms in total. The van der Waals surface area contributed by atoms with Crippen LogP contribution in [0.2, 0.25) is 0 Å². The molecule has 0 heterocycles. The highest BCUT2D eigenvalue weighted by molar-refractivity contribution is 9.09. The zero-order chi connectivity index (χ0) is 9.40. The molecule has 0 saturated carbocycles. The molecule has 0 aliphatic carbocycles. The molecule has 0 aromatic rings. The lowest BCUT2D eigenvalue weighted by atomic mass is 10.1. The number of alkyl halides is 1. The molecule has 0 amide bonds. The lowest BCUT2D eigenvalue weighted by molar-refractivity contribution is 0.120. The lowest BCUT2D eigenvalue weighted by Crippen LogP contribution is -2.02.